The van der Waals surface area contributed by atoms with Crippen LogP contribution in [0.25, 0.3) is 0 Å². The molecule has 11 heavy (non-hydrogen) atoms. The van der Waals surface area contributed by atoms with E-state index < -0.39 is 22.4 Å². The molecule has 0 aliphatic carbocycles. The van der Waals surface area contributed by atoms with E-state index in [2.05, 4.69) is 0 Å². The molecule has 0 spiro atoms. The number of halogens is 4. The van der Waals surface area contributed by atoms with Crippen LogP contribution in [0.1, 0.15) is 0 Å². The van der Waals surface area contributed by atoms with Gasteiger partial charge in [0.25, 0.3) is 0 Å². The minimum Gasteiger partial charge on any atom is -0.545 e. The van der Waals surface area contributed by atoms with Gasteiger partial charge < -0.3 is 9.90 Å². The van der Waals surface area contributed by atoms with Crippen molar-refractivity contribution in [2.24, 2.45) is 0 Å². The minimum atomic E-state index is -3.08. The molecule has 7 heteroatoms. The summed E-state index contributed by atoms with van der Waals surface area (Å²) >= 11 is 14.9. The molecule has 0 fully saturated rings. The van der Waals surface area contributed by atoms with Crippen molar-refractivity contribution in [1.82, 2.24) is 0 Å². The summed E-state index contributed by atoms with van der Waals surface area (Å²) in [5, 5.41) is 5.29. The first-order valence-corrected chi connectivity index (χ1v) is 3.57. The van der Waals surface area contributed by atoms with E-state index >= 15 is 0 Å². The maximum absolute atomic E-state index is 12.5. The van der Waals surface area contributed by atoms with E-state index in [-0.39, 0.29) is 29.6 Å². The summed E-state index contributed by atoms with van der Waals surface area (Å²) in [7, 11) is 0. The quantitative estimate of drug-likeness (QED) is 0.398. The molecule has 0 aromatic heterocycles. The Labute approximate surface area is 100 Å². The van der Waals surface area contributed by atoms with Gasteiger partial charge in [0.05, 0.1) is 5.97 Å². The third-order valence-corrected chi connectivity index (χ3v) is 2.25. The van der Waals surface area contributed by atoms with Crippen molar-refractivity contribution < 1.29 is 43.8 Å². The number of hydrogen-bond acceptors (Lipinski definition) is 2. The molecule has 0 heterocycles. The Morgan fingerprint density at radius 1 is 1.73 bits per heavy atom. The first kappa shape index (κ1) is 14.8. The summed E-state index contributed by atoms with van der Waals surface area (Å²) in [6.07, 6.45) is 0. The van der Waals surface area contributed by atoms with Crippen LogP contribution in [0.4, 0.5) is 4.39 Å². The molecule has 0 aliphatic rings. The van der Waals surface area contributed by atoms with Crippen molar-refractivity contribution in [3.05, 3.63) is 0 Å². The molecule has 2 unspecified atom stereocenters. The number of rotatable bonds is 3. The Kier molecular flexibility index (Phi) is 7.84. The Bertz CT molecular complexity index is 143. The number of carbonyl (C=O) groups excluding carboxylic acids is 1. The molecule has 0 bridgehead atoms. The molecule has 60 valence electrons. The third kappa shape index (κ3) is 4.15. The van der Waals surface area contributed by atoms with Gasteiger partial charge in [-0.2, -0.15) is 0 Å². The van der Waals surface area contributed by atoms with Crippen molar-refractivity contribution in [3.8, 4) is 0 Å². The maximum atomic E-state index is 12.5. The van der Waals surface area contributed by atoms with Gasteiger partial charge in [-0.25, -0.2) is 4.39 Å². The molecular weight excluding hydrogens is 228 g/mol. The maximum Gasteiger partial charge on any atom is 1.00 e. The fourth-order valence-electron chi connectivity index (χ4n) is 0.225. The average molecular weight is 231 g/mol. The van der Waals surface area contributed by atoms with Crippen LogP contribution < -0.4 is 34.7 Å². The van der Waals surface area contributed by atoms with Crippen LogP contribution in [0.3, 0.4) is 0 Å². The van der Waals surface area contributed by atoms with E-state index in [0.29, 0.717) is 0 Å². The average Bonchev–Trinajstić information content (AvgIpc) is 1.86. The van der Waals surface area contributed by atoms with Crippen LogP contribution in [0.5, 0.6) is 0 Å². The molecular formula is C4H3Cl3FNaO2. The van der Waals surface area contributed by atoms with Crippen LogP contribution >= 0.6 is 34.8 Å². The monoisotopic (exact) mass is 230 g/mol. The Morgan fingerprint density at radius 2 is 2.09 bits per heavy atom. The molecule has 0 N–H and O–H groups in total. The molecule has 0 aromatic rings. The number of alkyl halides is 4. The largest absolute Gasteiger partial charge is 1.00 e. The number of aliphatic carboxylic acids is 1. The normalized spacial score (nSPS) is 17.8. The number of carboxylic acid groups (broad SMARTS) is 1. The fourth-order valence-corrected chi connectivity index (χ4v) is 0.683. The Hall–Kier alpha value is 1.27. The molecule has 0 saturated heterocycles. The van der Waals surface area contributed by atoms with Crippen molar-refractivity contribution >= 4 is 40.8 Å². The zero-order chi connectivity index (χ0) is 8.36. The van der Waals surface area contributed by atoms with Gasteiger partial charge in [0.15, 0.2) is 0 Å². The number of carboxylic acids is 1. The zero-order valence-corrected chi connectivity index (χ0v) is 9.88. The number of hydrogen-bond donors (Lipinski definition) is 0. The van der Waals surface area contributed by atoms with Gasteiger partial charge in [0.1, 0.15) is 5.38 Å². The SMILES string of the molecule is O=C([O-])C(F)(Cl)C(Cl)CCl.[Na+]. The molecule has 0 rings (SSSR count). The van der Waals surface area contributed by atoms with Gasteiger partial charge in [0.2, 0.25) is 5.13 Å². The van der Waals surface area contributed by atoms with Gasteiger partial charge >= 0.3 is 29.6 Å². The van der Waals surface area contributed by atoms with Crippen molar-refractivity contribution in [1.29, 1.82) is 0 Å². The molecule has 0 amide bonds. The smallest absolute Gasteiger partial charge is 0.545 e. The summed E-state index contributed by atoms with van der Waals surface area (Å²) in [5.74, 6) is -2.47. The van der Waals surface area contributed by atoms with Gasteiger partial charge in [-0.05, 0) is 0 Å². The van der Waals surface area contributed by atoms with Gasteiger partial charge in [-0.15, -0.1) is 23.2 Å². The van der Waals surface area contributed by atoms with E-state index in [0.717, 1.165) is 0 Å². The predicted octanol–water partition coefficient (Wildman–Crippen LogP) is -2.51. The van der Waals surface area contributed by atoms with E-state index in [9.17, 15) is 14.3 Å². The van der Waals surface area contributed by atoms with Crippen LogP contribution in [0.15, 0.2) is 0 Å². The van der Waals surface area contributed by atoms with Crippen molar-refractivity contribution in [2.75, 3.05) is 5.88 Å². The molecule has 0 saturated carbocycles. The Morgan fingerprint density at radius 3 is 2.18 bits per heavy atom. The van der Waals surface area contributed by atoms with E-state index in [1.54, 1.807) is 0 Å². The summed E-state index contributed by atoms with van der Waals surface area (Å²) in [4.78, 5) is 9.86. The van der Waals surface area contributed by atoms with Crippen molar-refractivity contribution in [2.45, 2.75) is 10.5 Å². The first-order valence-electron chi connectivity index (χ1n) is 2.22. The summed E-state index contributed by atoms with van der Waals surface area (Å²) in [6, 6.07) is 0. The summed E-state index contributed by atoms with van der Waals surface area (Å²) in [5.41, 5.74) is 0. The third-order valence-electron chi connectivity index (χ3n) is 0.801. The van der Waals surface area contributed by atoms with Gasteiger partial charge in [0, 0.05) is 5.88 Å². The molecule has 0 aromatic carbocycles. The second kappa shape index (κ2) is 5.84. The van der Waals surface area contributed by atoms with E-state index in [4.69, 9.17) is 34.8 Å². The van der Waals surface area contributed by atoms with E-state index in [1.165, 1.54) is 0 Å². The standard InChI is InChI=1S/C4H4Cl3FO2.Na/c5-1-2(6)4(7,8)3(9)10;/h2H,1H2,(H,9,10);/q;+1/p-1. The van der Waals surface area contributed by atoms with Gasteiger partial charge in [-0.3, -0.25) is 0 Å². The molecule has 0 radical (unpaired) electrons. The van der Waals surface area contributed by atoms with E-state index in [1.807, 2.05) is 0 Å². The number of carbonyl (C=O) groups is 1. The van der Waals surface area contributed by atoms with Crippen LogP contribution in [-0.2, 0) is 4.79 Å². The van der Waals surface area contributed by atoms with Crippen LogP contribution in [-0.4, -0.2) is 22.4 Å². The summed E-state index contributed by atoms with van der Waals surface area (Å²) in [6.45, 7) is 0. The zero-order valence-electron chi connectivity index (χ0n) is 5.61. The predicted molar refractivity (Wildman–Crippen MR) is 35.1 cm³/mol. The van der Waals surface area contributed by atoms with Crippen molar-refractivity contribution in [3.63, 3.8) is 0 Å². The fraction of sp³-hybridized carbons (Fsp3) is 0.750. The van der Waals surface area contributed by atoms with Gasteiger partial charge in [-0.1, -0.05) is 11.6 Å². The molecule has 0 aliphatic heterocycles. The van der Waals surface area contributed by atoms with Crippen LogP contribution in [0, 0.1) is 0 Å². The topological polar surface area (TPSA) is 40.1 Å². The van der Waals surface area contributed by atoms with Crippen LogP contribution in [0.2, 0.25) is 0 Å². The molecule has 2 atom stereocenters. The molecule has 2 nitrogen and oxygen atoms in total. The second-order valence-electron chi connectivity index (χ2n) is 1.53. The summed E-state index contributed by atoms with van der Waals surface area (Å²) < 4.78 is 12.5. The second-order valence-corrected chi connectivity index (χ2v) is 2.92. The minimum absolute atomic E-state index is 0. The first-order chi connectivity index (χ1) is 4.42. The Balaban J connectivity index is 0.